The van der Waals surface area contributed by atoms with E-state index >= 15 is 0 Å². The molecule has 10 heteroatoms. The van der Waals surface area contributed by atoms with E-state index in [0.29, 0.717) is 41.2 Å². The van der Waals surface area contributed by atoms with Crippen LogP contribution in [0.1, 0.15) is 51.3 Å². The summed E-state index contributed by atoms with van der Waals surface area (Å²) in [6, 6.07) is 14.7. The first-order valence-electron chi connectivity index (χ1n) is 13.3. The number of nitrogens with one attached hydrogen (secondary N) is 2. The lowest BCUT2D eigenvalue weighted by atomic mass is 9.95. The summed E-state index contributed by atoms with van der Waals surface area (Å²) in [5.41, 5.74) is 3.90. The first kappa shape index (κ1) is 28.2. The summed E-state index contributed by atoms with van der Waals surface area (Å²) in [6.07, 6.45) is 1.01. The monoisotopic (exact) mass is 548 g/mol. The van der Waals surface area contributed by atoms with Crippen molar-refractivity contribution in [2.75, 3.05) is 36.1 Å². The fourth-order valence-electron chi connectivity index (χ4n) is 4.47. The van der Waals surface area contributed by atoms with Crippen LogP contribution in [0.2, 0.25) is 0 Å². The maximum atomic E-state index is 13.7. The van der Waals surface area contributed by atoms with Gasteiger partial charge in [0.15, 0.2) is 6.61 Å². The average molecular weight is 549 g/mol. The first-order valence-corrected chi connectivity index (χ1v) is 14.3. The number of ether oxygens (including phenoxy) is 1. The van der Waals surface area contributed by atoms with Crippen molar-refractivity contribution in [3.8, 4) is 5.75 Å². The van der Waals surface area contributed by atoms with Crippen molar-refractivity contribution in [3.63, 3.8) is 0 Å². The summed E-state index contributed by atoms with van der Waals surface area (Å²) >= 11 is 1.59. The molecule has 0 saturated carbocycles. The van der Waals surface area contributed by atoms with Gasteiger partial charge in [0.1, 0.15) is 11.8 Å². The third-order valence-corrected chi connectivity index (χ3v) is 7.51. The number of nitrogens with zero attached hydrogens (tertiary/aromatic N) is 4. The molecule has 0 bridgehead atoms. The smallest absolute Gasteiger partial charge is 0.260 e. The molecule has 1 aliphatic heterocycles. The maximum absolute atomic E-state index is 13.7. The Labute approximate surface area is 234 Å². The summed E-state index contributed by atoms with van der Waals surface area (Å²) in [6.45, 7) is 11.1. The van der Waals surface area contributed by atoms with E-state index in [2.05, 4.69) is 22.5 Å². The van der Waals surface area contributed by atoms with Crippen molar-refractivity contribution < 1.29 is 14.3 Å². The molecule has 0 saturated heterocycles. The van der Waals surface area contributed by atoms with Crippen molar-refractivity contribution in [3.05, 3.63) is 70.9 Å². The Balaban J connectivity index is 1.64. The van der Waals surface area contributed by atoms with E-state index in [0.717, 1.165) is 29.0 Å². The number of amides is 2. The molecule has 1 unspecified atom stereocenters. The molecule has 206 valence electrons. The van der Waals surface area contributed by atoms with Crippen LogP contribution in [-0.4, -0.2) is 56.9 Å². The van der Waals surface area contributed by atoms with Gasteiger partial charge in [0, 0.05) is 30.2 Å². The molecule has 2 N–H and O–H groups in total. The predicted octanol–water partition coefficient (Wildman–Crippen LogP) is 5.26. The van der Waals surface area contributed by atoms with Gasteiger partial charge >= 0.3 is 0 Å². The molecular weight excluding hydrogens is 512 g/mol. The number of benzene rings is 2. The fourth-order valence-corrected chi connectivity index (χ4v) is 5.15. The van der Waals surface area contributed by atoms with Crippen LogP contribution < -0.4 is 15.4 Å². The van der Waals surface area contributed by atoms with Gasteiger partial charge in [-0.1, -0.05) is 43.0 Å². The first-order chi connectivity index (χ1) is 18.8. The quantitative estimate of drug-likeness (QED) is 0.315. The van der Waals surface area contributed by atoms with E-state index in [1.807, 2.05) is 76.2 Å². The molecule has 0 aliphatic carbocycles. The summed E-state index contributed by atoms with van der Waals surface area (Å²) in [5, 5.41) is 11.8. The van der Waals surface area contributed by atoms with Crippen LogP contribution in [0.25, 0.3) is 0 Å². The second-order valence-corrected chi connectivity index (χ2v) is 10.4. The van der Waals surface area contributed by atoms with E-state index in [1.54, 1.807) is 21.3 Å². The van der Waals surface area contributed by atoms with Crippen LogP contribution in [0.3, 0.4) is 0 Å². The summed E-state index contributed by atoms with van der Waals surface area (Å²) in [4.78, 5) is 32.4. The van der Waals surface area contributed by atoms with Crippen LogP contribution in [0.15, 0.2) is 65.0 Å². The van der Waals surface area contributed by atoms with Gasteiger partial charge in [0.2, 0.25) is 11.1 Å². The van der Waals surface area contributed by atoms with E-state index in [1.165, 1.54) is 0 Å². The zero-order valence-corrected chi connectivity index (χ0v) is 24.0. The van der Waals surface area contributed by atoms with Gasteiger partial charge in [0.25, 0.3) is 11.8 Å². The highest BCUT2D eigenvalue weighted by atomic mass is 32.2. The molecule has 0 spiro atoms. The van der Waals surface area contributed by atoms with E-state index in [4.69, 9.17) is 9.84 Å². The van der Waals surface area contributed by atoms with Gasteiger partial charge in [-0.05, 0) is 69.5 Å². The molecular formula is C29H36N6O3S. The Morgan fingerprint density at radius 3 is 2.51 bits per heavy atom. The molecule has 2 aromatic carbocycles. The van der Waals surface area contributed by atoms with E-state index < -0.39 is 6.04 Å². The Morgan fingerprint density at radius 1 is 1.10 bits per heavy atom. The Bertz CT molecular complexity index is 1350. The van der Waals surface area contributed by atoms with Crippen LogP contribution in [0.5, 0.6) is 5.75 Å². The number of fused-ring (bicyclic) bond motifs is 1. The molecule has 0 radical (unpaired) electrons. The standard InChI is InChI=1S/C29H36N6O3S/c1-6-16-39-29-32-28-30-20(5)25(27(37)31-22-11-9-10-19(4)17-22)26(35(28)33-29)21-12-14-23(15-13-21)38-18-24(36)34(7-2)8-3/h9-15,17,26H,6-8,16,18H2,1-5H3,(H,31,37)(H,30,32,33). The minimum Gasteiger partial charge on any atom is -0.484 e. The summed E-state index contributed by atoms with van der Waals surface area (Å²) < 4.78 is 7.54. The van der Waals surface area contributed by atoms with Crippen molar-refractivity contribution in [1.29, 1.82) is 0 Å². The van der Waals surface area contributed by atoms with Crippen molar-refractivity contribution in [1.82, 2.24) is 19.7 Å². The molecule has 39 heavy (non-hydrogen) atoms. The molecule has 4 rings (SSSR count). The Kier molecular flexibility index (Phi) is 9.29. The highest BCUT2D eigenvalue weighted by molar-refractivity contribution is 7.99. The number of allylic oxidation sites excluding steroid dienone is 1. The molecule has 2 amide bonds. The van der Waals surface area contributed by atoms with Crippen LogP contribution >= 0.6 is 11.8 Å². The molecule has 0 fully saturated rings. The molecule has 2 heterocycles. The maximum Gasteiger partial charge on any atom is 0.260 e. The second-order valence-electron chi connectivity index (χ2n) is 9.32. The highest BCUT2D eigenvalue weighted by Crippen LogP contribution is 2.37. The van der Waals surface area contributed by atoms with Crippen molar-refractivity contribution in [2.24, 2.45) is 0 Å². The highest BCUT2D eigenvalue weighted by Gasteiger charge is 2.34. The third-order valence-electron chi connectivity index (χ3n) is 6.46. The van der Waals surface area contributed by atoms with Gasteiger partial charge in [-0.2, -0.15) is 4.98 Å². The van der Waals surface area contributed by atoms with Crippen LogP contribution in [0.4, 0.5) is 11.6 Å². The molecule has 3 aromatic rings. The van der Waals surface area contributed by atoms with Gasteiger partial charge in [-0.25, -0.2) is 4.68 Å². The van der Waals surface area contributed by atoms with E-state index in [9.17, 15) is 9.59 Å². The zero-order chi connectivity index (χ0) is 27.9. The predicted molar refractivity (Wildman–Crippen MR) is 155 cm³/mol. The summed E-state index contributed by atoms with van der Waals surface area (Å²) in [5.74, 6) is 1.80. The lowest BCUT2D eigenvalue weighted by Crippen LogP contribution is -2.34. The molecule has 1 aliphatic rings. The number of aromatic nitrogens is 3. The SMILES string of the molecule is CCCSc1nc2n(n1)C(c1ccc(OCC(=O)N(CC)CC)cc1)C(C(=O)Nc1cccc(C)c1)=C(C)N2. The Morgan fingerprint density at radius 2 is 1.85 bits per heavy atom. The van der Waals surface area contributed by atoms with Gasteiger partial charge in [-0.3, -0.25) is 9.59 Å². The number of hydrogen-bond donors (Lipinski definition) is 2. The number of hydrogen-bond acceptors (Lipinski definition) is 7. The number of thioether (sulfide) groups is 1. The minimum atomic E-state index is -0.499. The van der Waals surface area contributed by atoms with Crippen molar-refractivity contribution >= 4 is 35.2 Å². The number of carbonyl (C=O) groups is 2. The van der Waals surface area contributed by atoms with Gasteiger partial charge in [0.05, 0.1) is 5.57 Å². The lowest BCUT2D eigenvalue weighted by Gasteiger charge is -2.28. The number of carbonyl (C=O) groups excluding carboxylic acids is 2. The third kappa shape index (κ3) is 6.62. The number of aryl methyl sites for hydroxylation is 1. The van der Waals surface area contributed by atoms with E-state index in [-0.39, 0.29) is 18.4 Å². The average Bonchev–Trinajstić information content (AvgIpc) is 3.33. The Hall–Kier alpha value is -3.79. The van der Waals surface area contributed by atoms with Crippen LogP contribution in [0, 0.1) is 6.92 Å². The number of likely N-dealkylation sites (N-methyl/N-ethyl adjacent to an activating group) is 1. The normalized spacial score (nSPS) is 14.4. The minimum absolute atomic E-state index is 0.0250. The fraction of sp³-hybridized carbons (Fsp3) is 0.379. The molecule has 9 nitrogen and oxygen atoms in total. The molecule has 1 aromatic heterocycles. The zero-order valence-electron chi connectivity index (χ0n) is 23.2. The number of rotatable bonds is 11. The molecule has 1 atom stereocenters. The van der Waals surface area contributed by atoms with Crippen molar-refractivity contribution in [2.45, 2.75) is 52.2 Å². The second kappa shape index (κ2) is 12.8. The largest absolute Gasteiger partial charge is 0.484 e. The van der Waals surface area contributed by atoms with Gasteiger partial charge in [-0.15, -0.1) is 5.10 Å². The lowest BCUT2D eigenvalue weighted by molar-refractivity contribution is -0.133. The summed E-state index contributed by atoms with van der Waals surface area (Å²) in [7, 11) is 0. The van der Waals surface area contributed by atoms with Gasteiger partial charge < -0.3 is 20.3 Å². The number of anilines is 2. The topological polar surface area (TPSA) is 101 Å². The van der Waals surface area contributed by atoms with Crippen LogP contribution in [-0.2, 0) is 9.59 Å².